The molecular weight excluding hydrogens is 260 g/mol. The summed E-state index contributed by atoms with van der Waals surface area (Å²) >= 11 is 0. The number of nitrogens with zero attached hydrogens (tertiary/aromatic N) is 2. The van der Waals surface area contributed by atoms with Crippen molar-refractivity contribution in [1.82, 2.24) is 9.55 Å². The van der Waals surface area contributed by atoms with Crippen molar-refractivity contribution in [2.24, 2.45) is 5.92 Å². The quantitative estimate of drug-likeness (QED) is 0.837. The van der Waals surface area contributed by atoms with Crippen LogP contribution in [0.5, 0.6) is 0 Å². The lowest BCUT2D eigenvalue weighted by atomic mass is 9.92. The molecule has 0 fully saturated rings. The summed E-state index contributed by atoms with van der Waals surface area (Å²) in [5.41, 5.74) is 4.81. The number of rotatable bonds is 4. The molecule has 0 bridgehead atoms. The third-order valence-corrected chi connectivity index (χ3v) is 4.03. The molecule has 0 aliphatic heterocycles. The lowest BCUT2D eigenvalue weighted by Crippen LogP contribution is -2.11. The van der Waals surface area contributed by atoms with Crippen molar-refractivity contribution in [3.05, 3.63) is 53.1 Å². The van der Waals surface area contributed by atoms with Gasteiger partial charge < -0.3 is 0 Å². The molecular formula is C18H24N2O. The fraction of sp³-hybridized carbons (Fsp3) is 0.444. The molecule has 0 radical (unpaired) electrons. The Labute approximate surface area is 127 Å². The second-order valence-electron chi connectivity index (χ2n) is 6.21. The molecule has 0 unspecified atom stereocenters. The molecule has 1 heterocycles. The van der Waals surface area contributed by atoms with Crippen LogP contribution in [0.1, 0.15) is 60.3 Å². The van der Waals surface area contributed by atoms with Gasteiger partial charge in [0.15, 0.2) is 0 Å². The summed E-state index contributed by atoms with van der Waals surface area (Å²) < 4.78 is 1.62. The Morgan fingerprint density at radius 1 is 1.24 bits per heavy atom. The summed E-state index contributed by atoms with van der Waals surface area (Å²) in [7, 11) is 0. The van der Waals surface area contributed by atoms with Gasteiger partial charge in [0.1, 0.15) is 6.33 Å². The molecule has 2 rings (SSSR count). The smallest absolute Gasteiger partial charge is 0.232 e. The van der Waals surface area contributed by atoms with E-state index in [9.17, 15) is 4.79 Å². The van der Waals surface area contributed by atoms with Crippen LogP contribution in [-0.2, 0) is 0 Å². The van der Waals surface area contributed by atoms with Gasteiger partial charge in [0.05, 0.1) is 5.69 Å². The predicted molar refractivity (Wildman–Crippen MR) is 85.7 cm³/mol. The van der Waals surface area contributed by atoms with E-state index in [4.69, 9.17) is 0 Å². The highest BCUT2D eigenvalue weighted by atomic mass is 16.2. The van der Waals surface area contributed by atoms with Gasteiger partial charge in [-0.3, -0.25) is 9.36 Å². The molecule has 0 spiro atoms. The fourth-order valence-electron chi connectivity index (χ4n) is 2.55. The van der Waals surface area contributed by atoms with E-state index in [1.807, 2.05) is 6.20 Å². The number of hydrogen-bond acceptors (Lipinski definition) is 2. The van der Waals surface area contributed by atoms with Crippen LogP contribution in [0.2, 0.25) is 0 Å². The van der Waals surface area contributed by atoms with Gasteiger partial charge in [0, 0.05) is 18.5 Å². The van der Waals surface area contributed by atoms with Gasteiger partial charge in [-0.15, -0.1) is 0 Å². The van der Waals surface area contributed by atoms with E-state index in [0.29, 0.717) is 12.3 Å². The minimum atomic E-state index is 0.108. The van der Waals surface area contributed by atoms with E-state index in [2.05, 4.69) is 57.8 Å². The van der Waals surface area contributed by atoms with Crippen molar-refractivity contribution in [1.29, 1.82) is 0 Å². The lowest BCUT2D eigenvalue weighted by Gasteiger charge is -2.14. The number of aryl methyl sites for hydroxylation is 1. The van der Waals surface area contributed by atoms with Crippen molar-refractivity contribution in [3.8, 4) is 0 Å². The molecule has 0 saturated carbocycles. The second-order valence-corrected chi connectivity index (χ2v) is 6.21. The monoisotopic (exact) mass is 284 g/mol. The minimum absolute atomic E-state index is 0.108. The number of hydrogen-bond donors (Lipinski definition) is 0. The van der Waals surface area contributed by atoms with Crippen molar-refractivity contribution in [2.75, 3.05) is 0 Å². The molecule has 21 heavy (non-hydrogen) atoms. The second kappa shape index (κ2) is 6.25. The average Bonchev–Trinajstić information content (AvgIpc) is 2.90. The van der Waals surface area contributed by atoms with Crippen LogP contribution in [-0.4, -0.2) is 15.5 Å². The van der Waals surface area contributed by atoms with E-state index in [1.165, 1.54) is 16.7 Å². The van der Waals surface area contributed by atoms with Crippen molar-refractivity contribution < 1.29 is 4.79 Å². The molecule has 0 aliphatic rings. The minimum Gasteiger partial charge on any atom is -0.276 e. The van der Waals surface area contributed by atoms with Crippen LogP contribution in [0.25, 0.3) is 0 Å². The fourth-order valence-corrected chi connectivity index (χ4v) is 2.55. The topological polar surface area (TPSA) is 34.9 Å². The number of carbonyl (C=O) groups is 1. The summed E-state index contributed by atoms with van der Waals surface area (Å²) in [6, 6.07) is 6.34. The summed E-state index contributed by atoms with van der Waals surface area (Å²) in [4.78, 5) is 16.5. The molecule has 0 aliphatic carbocycles. The Balaban J connectivity index is 2.25. The van der Waals surface area contributed by atoms with Crippen LogP contribution >= 0.6 is 0 Å². The van der Waals surface area contributed by atoms with E-state index in [1.54, 1.807) is 10.9 Å². The molecule has 0 N–H and O–H groups in total. The normalized spacial score (nSPS) is 12.7. The zero-order valence-corrected chi connectivity index (χ0v) is 13.6. The third-order valence-electron chi connectivity index (χ3n) is 4.03. The van der Waals surface area contributed by atoms with Crippen LogP contribution < -0.4 is 0 Å². The van der Waals surface area contributed by atoms with Gasteiger partial charge >= 0.3 is 0 Å². The van der Waals surface area contributed by atoms with Gasteiger partial charge in [-0.05, 0) is 36.5 Å². The maximum absolute atomic E-state index is 12.1. The molecule has 0 saturated heterocycles. The van der Waals surface area contributed by atoms with Crippen molar-refractivity contribution in [3.63, 3.8) is 0 Å². The van der Waals surface area contributed by atoms with Gasteiger partial charge in [-0.25, -0.2) is 4.98 Å². The average molecular weight is 284 g/mol. The first-order chi connectivity index (χ1) is 9.90. The Kier molecular flexibility index (Phi) is 4.61. The Hall–Kier alpha value is -1.90. The van der Waals surface area contributed by atoms with E-state index in [-0.39, 0.29) is 11.8 Å². The first kappa shape index (κ1) is 15.5. The largest absolute Gasteiger partial charge is 0.276 e. The first-order valence-corrected chi connectivity index (χ1v) is 7.53. The molecule has 2 aromatic rings. The molecule has 3 nitrogen and oxygen atoms in total. The first-order valence-electron chi connectivity index (χ1n) is 7.53. The number of carbonyl (C=O) groups excluding carboxylic acids is 1. The van der Waals surface area contributed by atoms with E-state index >= 15 is 0 Å². The molecule has 1 aromatic carbocycles. The number of benzene rings is 1. The standard InChI is InChI=1S/C18H24N2O/c1-12(2)9-18(21)20-10-17(19-11-20)15(5)16-8-6-7-13(3)14(16)4/h6-8,10-12,15H,9H2,1-5H3/t15-/m0/s1. The van der Waals surface area contributed by atoms with Crippen LogP contribution in [0.15, 0.2) is 30.7 Å². The molecule has 112 valence electrons. The molecule has 0 amide bonds. The maximum atomic E-state index is 12.1. The van der Waals surface area contributed by atoms with Crippen molar-refractivity contribution in [2.45, 2.75) is 47.0 Å². The predicted octanol–water partition coefficient (Wildman–Crippen LogP) is 4.34. The lowest BCUT2D eigenvalue weighted by molar-refractivity contribution is 0.0886. The molecule has 1 aromatic heterocycles. The Morgan fingerprint density at radius 3 is 2.62 bits per heavy atom. The maximum Gasteiger partial charge on any atom is 0.232 e. The van der Waals surface area contributed by atoms with Gasteiger partial charge in [-0.1, -0.05) is 39.0 Å². The highest BCUT2D eigenvalue weighted by Crippen LogP contribution is 2.27. The SMILES string of the molecule is Cc1cccc([C@H](C)c2cn(C(=O)CC(C)C)cn2)c1C. The van der Waals surface area contributed by atoms with Crippen molar-refractivity contribution >= 4 is 5.91 Å². The highest BCUT2D eigenvalue weighted by Gasteiger charge is 2.16. The highest BCUT2D eigenvalue weighted by molar-refractivity contribution is 5.78. The molecule has 1 atom stereocenters. The summed E-state index contributed by atoms with van der Waals surface area (Å²) in [5.74, 6) is 0.662. The zero-order chi connectivity index (χ0) is 15.6. The van der Waals surface area contributed by atoms with E-state index in [0.717, 1.165) is 5.69 Å². The van der Waals surface area contributed by atoms with Crippen LogP contribution in [0, 0.1) is 19.8 Å². The summed E-state index contributed by atoms with van der Waals surface area (Å²) in [6.07, 6.45) is 4.06. The number of aromatic nitrogens is 2. The van der Waals surface area contributed by atoms with E-state index < -0.39 is 0 Å². The number of imidazole rings is 1. The zero-order valence-electron chi connectivity index (χ0n) is 13.6. The van der Waals surface area contributed by atoms with Gasteiger partial charge in [0.25, 0.3) is 0 Å². The summed E-state index contributed by atoms with van der Waals surface area (Å²) in [6.45, 7) is 10.5. The molecule has 3 heteroatoms. The summed E-state index contributed by atoms with van der Waals surface area (Å²) in [5, 5.41) is 0. The van der Waals surface area contributed by atoms with Crippen LogP contribution in [0.3, 0.4) is 0 Å². The van der Waals surface area contributed by atoms with Gasteiger partial charge in [0.2, 0.25) is 5.91 Å². The Morgan fingerprint density at radius 2 is 1.95 bits per heavy atom. The Bertz CT molecular complexity index is 640. The third kappa shape index (κ3) is 3.41. The van der Waals surface area contributed by atoms with Gasteiger partial charge in [-0.2, -0.15) is 0 Å². The van der Waals surface area contributed by atoms with Crippen LogP contribution in [0.4, 0.5) is 0 Å².